The maximum atomic E-state index is 12.1. The molecule has 0 bridgehead atoms. The molecule has 7 heteroatoms. The minimum atomic E-state index is -3.52. The van der Waals surface area contributed by atoms with Gasteiger partial charge in [0.2, 0.25) is 10.0 Å². The van der Waals surface area contributed by atoms with Gasteiger partial charge in [0, 0.05) is 12.6 Å². The molecule has 3 N–H and O–H groups in total. The molecule has 2 rings (SSSR count). The molecule has 0 atom stereocenters. The van der Waals surface area contributed by atoms with Gasteiger partial charge in [0.05, 0.1) is 6.20 Å². The maximum Gasteiger partial charge on any atom is 0.246 e. The number of anilines is 1. The van der Waals surface area contributed by atoms with E-state index in [0.717, 1.165) is 25.7 Å². The number of hydrogen-bond donors (Lipinski definition) is 2. The summed E-state index contributed by atoms with van der Waals surface area (Å²) in [5.41, 5.74) is 5.76. The smallest absolute Gasteiger partial charge is 0.246 e. The van der Waals surface area contributed by atoms with Gasteiger partial charge in [-0.05, 0) is 19.8 Å². The van der Waals surface area contributed by atoms with Crippen molar-refractivity contribution in [3.63, 3.8) is 0 Å². The van der Waals surface area contributed by atoms with Crippen LogP contribution < -0.4 is 10.5 Å². The fraction of sp³-hybridized carbons (Fsp3) is 0.700. The Kier molecular flexibility index (Phi) is 3.39. The molecule has 0 aliphatic heterocycles. The summed E-state index contributed by atoms with van der Waals surface area (Å²) in [4.78, 5) is 0.0891. The first-order chi connectivity index (χ1) is 8.04. The SMILES string of the molecule is CCn1ncc(S(=O)(=O)NC2CCCC2)c1N. The Hall–Kier alpha value is -1.08. The van der Waals surface area contributed by atoms with E-state index in [1.54, 1.807) is 0 Å². The Bertz CT molecular complexity index is 488. The fourth-order valence-electron chi connectivity index (χ4n) is 2.16. The summed E-state index contributed by atoms with van der Waals surface area (Å²) in [7, 11) is -3.52. The van der Waals surface area contributed by atoms with Crippen molar-refractivity contribution in [2.24, 2.45) is 0 Å². The molecule has 0 amide bonds. The Morgan fingerprint density at radius 2 is 2.18 bits per heavy atom. The molecule has 1 aliphatic carbocycles. The number of rotatable bonds is 4. The number of nitrogen functional groups attached to an aromatic ring is 1. The molecule has 96 valence electrons. The summed E-state index contributed by atoms with van der Waals surface area (Å²) >= 11 is 0. The Morgan fingerprint density at radius 1 is 1.53 bits per heavy atom. The van der Waals surface area contributed by atoms with Crippen LogP contribution in [0.3, 0.4) is 0 Å². The molecule has 0 spiro atoms. The standard InChI is InChI=1S/C10H18N4O2S/c1-2-14-10(11)9(7-12-14)17(15,16)13-8-5-3-4-6-8/h7-8,13H,2-6,11H2,1H3. The first kappa shape index (κ1) is 12.4. The van der Waals surface area contributed by atoms with Gasteiger partial charge in [-0.15, -0.1) is 0 Å². The molecule has 6 nitrogen and oxygen atoms in total. The van der Waals surface area contributed by atoms with Gasteiger partial charge in [-0.2, -0.15) is 5.10 Å². The average molecular weight is 258 g/mol. The predicted molar refractivity (Wildman–Crippen MR) is 64.9 cm³/mol. The van der Waals surface area contributed by atoms with Gasteiger partial charge in [-0.3, -0.25) is 0 Å². The van der Waals surface area contributed by atoms with Crippen molar-refractivity contribution in [2.75, 3.05) is 5.73 Å². The van der Waals surface area contributed by atoms with Gasteiger partial charge in [-0.1, -0.05) is 12.8 Å². The van der Waals surface area contributed by atoms with Gasteiger partial charge in [-0.25, -0.2) is 17.8 Å². The van der Waals surface area contributed by atoms with Crippen LogP contribution >= 0.6 is 0 Å². The lowest BCUT2D eigenvalue weighted by Gasteiger charge is -2.11. The third-order valence-corrected chi connectivity index (χ3v) is 4.65. The Labute approximate surface area is 101 Å². The maximum absolute atomic E-state index is 12.1. The topological polar surface area (TPSA) is 90.0 Å². The molecule has 17 heavy (non-hydrogen) atoms. The van der Waals surface area contributed by atoms with E-state index in [-0.39, 0.29) is 16.8 Å². The zero-order chi connectivity index (χ0) is 12.5. The average Bonchev–Trinajstić information content (AvgIpc) is 2.86. The summed E-state index contributed by atoms with van der Waals surface area (Å²) in [6, 6.07) is 0.0457. The molecule has 0 radical (unpaired) electrons. The molecular weight excluding hydrogens is 240 g/mol. The van der Waals surface area contributed by atoms with Crippen molar-refractivity contribution in [3.8, 4) is 0 Å². The van der Waals surface area contributed by atoms with Crippen LogP contribution in [0.25, 0.3) is 0 Å². The lowest BCUT2D eigenvalue weighted by Crippen LogP contribution is -2.32. The van der Waals surface area contributed by atoms with Crippen molar-refractivity contribution in [1.82, 2.24) is 14.5 Å². The van der Waals surface area contributed by atoms with Gasteiger partial charge >= 0.3 is 0 Å². The highest BCUT2D eigenvalue weighted by molar-refractivity contribution is 7.89. The van der Waals surface area contributed by atoms with Crippen LogP contribution in [0.1, 0.15) is 32.6 Å². The van der Waals surface area contributed by atoms with Crippen LogP contribution in [0.15, 0.2) is 11.1 Å². The molecular formula is C10H18N4O2S. The lowest BCUT2D eigenvalue weighted by atomic mass is 10.3. The van der Waals surface area contributed by atoms with Crippen molar-refractivity contribution < 1.29 is 8.42 Å². The zero-order valence-electron chi connectivity index (χ0n) is 9.89. The normalized spacial score (nSPS) is 17.7. The highest BCUT2D eigenvalue weighted by Crippen LogP contribution is 2.22. The number of nitrogens with one attached hydrogen (secondary N) is 1. The minimum absolute atomic E-state index is 0.0457. The predicted octanol–water partition coefficient (Wildman–Crippen LogP) is 0.706. The number of aryl methyl sites for hydroxylation is 1. The van der Waals surface area contributed by atoms with Crippen molar-refractivity contribution >= 4 is 15.8 Å². The summed E-state index contributed by atoms with van der Waals surface area (Å²) in [6.07, 6.45) is 5.28. The van der Waals surface area contributed by atoms with Gasteiger partial charge < -0.3 is 5.73 Å². The molecule has 1 aromatic heterocycles. The van der Waals surface area contributed by atoms with Gasteiger partial charge in [0.15, 0.2) is 0 Å². The molecule has 0 saturated heterocycles. The highest BCUT2D eigenvalue weighted by atomic mass is 32.2. The molecule has 1 aliphatic rings. The fourth-order valence-corrected chi connectivity index (χ4v) is 3.53. The molecule has 1 fully saturated rings. The summed E-state index contributed by atoms with van der Waals surface area (Å²) in [5.74, 6) is 0.206. The second-order valence-electron chi connectivity index (χ2n) is 4.31. The molecule has 1 saturated carbocycles. The molecule has 1 aromatic rings. The van der Waals surface area contributed by atoms with E-state index in [2.05, 4.69) is 9.82 Å². The van der Waals surface area contributed by atoms with E-state index in [1.165, 1.54) is 10.9 Å². The first-order valence-electron chi connectivity index (χ1n) is 5.88. The van der Waals surface area contributed by atoms with E-state index >= 15 is 0 Å². The summed E-state index contributed by atoms with van der Waals surface area (Å²) in [5, 5.41) is 3.95. The number of nitrogens with zero attached hydrogens (tertiary/aromatic N) is 2. The molecule has 1 heterocycles. The second-order valence-corrected chi connectivity index (χ2v) is 5.99. The van der Waals surface area contributed by atoms with E-state index < -0.39 is 10.0 Å². The van der Waals surface area contributed by atoms with Crippen LogP contribution in [0.4, 0.5) is 5.82 Å². The zero-order valence-corrected chi connectivity index (χ0v) is 10.7. The number of hydrogen-bond acceptors (Lipinski definition) is 4. The number of sulfonamides is 1. The number of nitrogens with two attached hydrogens (primary N) is 1. The van der Waals surface area contributed by atoms with Crippen LogP contribution in [-0.4, -0.2) is 24.2 Å². The second kappa shape index (κ2) is 4.66. The third kappa shape index (κ3) is 2.44. The third-order valence-electron chi connectivity index (χ3n) is 3.11. The molecule has 0 aromatic carbocycles. The van der Waals surface area contributed by atoms with E-state index in [9.17, 15) is 8.42 Å². The van der Waals surface area contributed by atoms with Crippen LogP contribution in [0.5, 0.6) is 0 Å². The lowest BCUT2D eigenvalue weighted by molar-refractivity contribution is 0.552. The minimum Gasteiger partial charge on any atom is -0.383 e. The van der Waals surface area contributed by atoms with Gasteiger partial charge in [0.1, 0.15) is 10.7 Å². The summed E-state index contributed by atoms with van der Waals surface area (Å²) < 4.78 is 28.4. The van der Waals surface area contributed by atoms with E-state index in [1.807, 2.05) is 6.92 Å². The van der Waals surface area contributed by atoms with Gasteiger partial charge in [0.25, 0.3) is 0 Å². The highest BCUT2D eigenvalue weighted by Gasteiger charge is 2.26. The quantitative estimate of drug-likeness (QED) is 0.832. The first-order valence-corrected chi connectivity index (χ1v) is 7.36. The number of aromatic nitrogens is 2. The van der Waals surface area contributed by atoms with Crippen LogP contribution in [-0.2, 0) is 16.6 Å². The van der Waals surface area contributed by atoms with E-state index in [0.29, 0.717) is 6.54 Å². The van der Waals surface area contributed by atoms with Crippen molar-refractivity contribution in [2.45, 2.75) is 50.1 Å². The van der Waals surface area contributed by atoms with Crippen molar-refractivity contribution in [3.05, 3.63) is 6.20 Å². The monoisotopic (exact) mass is 258 g/mol. The van der Waals surface area contributed by atoms with Crippen LogP contribution in [0, 0.1) is 0 Å². The summed E-state index contributed by atoms with van der Waals surface area (Å²) in [6.45, 7) is 2.43. The molecule has 0 unspecified atom stereocenters. The largest absolute Gasteiger partial charge is 0.383 e. The van der Waals surface area contributed by atoms with Crippen LogP contribution in [0.2, 0.25) is 0 Å². The Balaban J connectivity index is 2.21. The van der Waals surface area contributed by atoms with Crippen molar-refractivity contribution in [1.29, 1.82) is 0 Å². The Morgan fingerprint density at radius 3 is 2.71 bits per heavy atom. The van der Waals surface area contributed by atoms with E-state index in [4.69, 9.17) is 5.73 Å².